The number of carbonyl (C=O) groups is 1. The lowest BCUT2D eigenvalue weighted by Crippen LogP contribution is -2.40. The van der Waals surface area contributed by atoms with E-state index in [9.17, 15) is 13.2 Å². The Morgan fingerprint density at radius 2 is 1.53 bits per heavy atom. The first-order chi connectivity index (χ1) is 8.66. The van der Waals surface area contributed by atoms with E-state index < -0.39 is 20.4 Å². The molecule has 0 amide bonds. The van der Waals surface area contributed by atoms with Crippen LogP contribution in [0.3, 0.4) is 0 Å². The summed E-state index contributed by atoms with van der Waals surface area (Å²) < 4.78 is 32.2. The van der Waals surface area contributed by atoms with Crippen molar-refractivity contribution in [2.24, 2.45) is 0 Å². The summed E-state index contributed by atoms with van der Waals surface area (Å²) in [6.07, 6.45) is 1.03. The Morgan fingerprint density at radius 1 is 1.11 bits per heavy atom. The topological polar surface area (TPSA) is 69.7 Å². The molecule has 106 valence electrons. The molecular weight excluding hydrogens is 268 g/mol. The van der Waals surface area contributed by atoms with Crippen LogP contribution in [0.25, 0.3) is 0 Å². The molecule has 1 aromatic carbocycles. The minimum Gasteiger partial charge on any atom is -0.496 e. The zero-order valence-corrected chi connectivity index (χ0v) is 12.5. The highest BCUT2D eigenvalue weighted by molar-refractivity contribution is 7.92. The van der Waals surface area contributed by atoms with Gasteiger partial charge in [0, 0.05) is 6.26 Å². The van der Waals surface area contributed by atoms with Gasteiger partial charge in [0.25, 0.3) is 0 Å². The van der Waals surface area contributed by atoms with Crippen molar-refractivity contribution in [2.45, 2.75) is 18.6 Å². The second-order valence-electron chi connectivity index (χ2n) is 4.65. The van der Waals surface area contributed by atoms with Gasteiger partial charge in [-0.15, -0.1) is 0 Å². The molecule has 0 radical (unpaired) electrons. The summed E-state index contributed by atoms with van der Waals surface area (Å²) >= 11 is 0. The third-order valence-electron chi connectivity index (χ3n) is 3.13. The summed E-state index contributed by atoms with van der Waals surface area (Å²) in [5, 5.41) is 0. The lowest BCUT2D eigenvalue weighted by atomic mass is 9.98. The van der Waals surface area contributed by atoms with Gasteiger partial charge in [-0.1, -0.05) is 6.07 Å². The third-order valence-corrected chi connectivity index (χ3v) is 5.17. The summed E-state index contributed by atoms with van der Waals surface area (Å²) in [6.45, 7) is 2.74. The molecule has 1 aromatic rings. The molecule has 0 N–H and O–H groups in total. The molecule has 0 unspecified atom stereocenters. The Kier molecular flexibility index (Phi) is 4.25. The second kappa shape index (κ2) is 5.21. The number of rotatable bonds is 5. The molecule has 0 spiro atoms. The van der Waals surface area contributed by atoms with Crippen LogP contribution in [-0.4, -0.2) is 39.4 Å². The van der Waals surface area contributed by atoms with Gasteiger partial charge < -0.3 is 9.47 Å². The van der Waals surface area contributed by atoms with Crippen molar-refractivity contribution < 1.29 is 22.7 Å². The van der Waals surface area contributed by atoms with Crippen LogP contribution < -0.4 is 9.47 Å². The Balaban J connectivity index is 3.50. The Labute approximate surface area is 113 Å². The fraction of sp³-hybridized carbons (Fsp3) is 0.462. The lowest BCUT2D eigenvalue weighted by molar-refractivity contribution is 0.0948. The highest BCUT2D eigenvalue weighted by Gasteiger charge is 2.41. The van der Waals surface area contributed by atoms with Crippen LogP contribution in [0.2, 0.25) is 0 Å². The number of sulfone groups is 1. The van der Waals surface area contributed by atoms with E-state index in [1.54, 1.807) is 18.2 Å². The molecule has 19 heavy (non-hydrogen) atoms. The summed E-state index contributed by atoms with van der Waals surface area (Å²) in [5.41, 5.74) is 0.142. The molecule has 0 saturated heterocycles. The van der Waals surface area contributed by atoms with E-state index in [0.717, 1.165) is 6.26 Å². The first-order valence-corrected chi connectivity index (χ1v) is 7.51. The molecule has 0 aromatic heterocycles. The number of Topliss-reactive ketones (excluding diaryl/α,β-unsaturated/α-hetero) is 1. The molecule has 0 bridgehead atoms. The van der Waals surface area contributed by atoms with Gasteiger partial charge in [0.1, 0.15) is 21.8 Å². The molecule has 0 aliphatic carbocycles. The van der Waals surface area contributed by atoms with Gasteiger partial charge >= 0.3 is 0 Å². The van der Waals surface area contributed by atoms with Gasteiger partial charge in [-0.25, -0.2) is 8.42 Å². The molecule has 0 heterocycles. The quantitative estimate of drug-likeness (QED) is 0.771. The first kappa shape index (κ1) is 15.5. The molecule has 0 aliphatic heterocycles. The molecule has 5 nitrogen and oxygen atoms in total. The van der Waals surface area contributed by atoms with Crippen LogP contribution in [0.5, 0.6) is 11.5 Å². The summed E-state index contributed by atoms with van der Waals surface area (Å²) in [5.74, 6) is 0.0338. The Morgan fingerprint density at radius 3 is 1.84 bits per heavy atom. The zero-order valence-electron chi connectivity index (χ0n) is 11.7. The van der Waals surface area contributed by atoms with Gasteiger partial charge in [-0.05, 0) is 26.0 Å². The van der Waals surface area contributed by atoms with Crippen molar-refractivity contribution in [2.75, 3.05) is 20.5 Å². The van der Waals surface area contributed by atoms with Crippen LogP contribution in [-0.2, 0) is 9.84 Å². The minimum atomic E-state index is -3.56. The van der Waals surface area contributed by atoms with Crippen LogP contribution in [0, 0.1) is 0 Å². The van der Waals surface area contributed by atoms with E-state index in [1.165, 1.54) is 28.1 Å². The fourth-order valence-corrected chi connectivity index (χ4v) is 1.98. The van der Waals surface area contributed by atoms with Crippen molar-refractivity contribution in [3.8, 4) is 11.5 Å². The largest absolute Gasteiger partial charge is 0.496 e. The molecule has 6 heteroatoms. The van der Waals surface area contributed by atoms with E-state index >= 15 is 0 Å². The number of carbonyl (C=O) groups excluding carboxylic acids is 1. The monoisotopic (exact) mass is 286 g/mol. The molecule has 0 atom stereocenters. The zero-order chi connectivity index (χ0) is 14.8. The highest BCUT2D eigenvalue weighted by atomic mass is 32.2. The summed E-state index contributed by atoms with van der Waals surface area (Å²) in [7, 11) is -0.729. The number of hydrogen-bond acceptors (Lipinski definition) is 5. The Hall–Kier alpha value is -1.56. The van der Waals surface area contributed by atoms with Crippen LogP contribution in [0.4, 0.5) is 0 Å². The maximum Gasteiger partial charge on any atom is 0.190 e. The van der Waals surface area contributed by atoms with Gasteiger partial charge in [0.15, 0.2) is 15.6 Å². The van der Waals surface area contributed by atoms with Gasteiger partial charge in [-0.2, -0.15) is 0 Å². The SMILES string of the molecule is COc1cccc(OC)c1C(=O)C(C)(C)S(C)(=O)=O. The number of ketones is 1. The molecule has 1 rings (SSSR count). The number of hydrogen-bond donors (Lipinski definition) is 0. The fourth-order valence-electron chi connectivity index (χ4n) is 1.54. The minimum absolute atomic E-state index is 0.142. The average Bonchev–Trinajstić information content (AvgIpc) is 2.35. The van der Waals surface area contributed by atoms with Crippen LogP contribution >= 0.6 is 0 Å². The molecule has 0 fully saturated rings. The molecule has 0 saturated carbocycles. The first-order valence-electron chi connectivity index (χ1n) is 5.62. The smallest absolute Gasteiger partial charge is 0.190 e. The van der Waals surface area contributed by atoms with Crippen LogP contribution in [0.15, 0.2) is 18.2 Å². The van der Waals surface area contributed by atoms with Gasteiger partial charge in [0.2, 0.25) is 0 Å². The normalized spacial score (nSPS) is 12.1. The summed E-state index contributed by atoms with van der Waals surface area (Å²) in [4.78, 5) is 12.5. The van der Waals surface area contributed by atoms with Crippen molar-refractivity contribution in [3.05, 3.63) is 23.8 Å². The van der Waals surface area contributed by atoms with Crippen molar-refractivity contribution in [1.29, 1.82) is 0 Å². The van der Waals surface area contributed by atoms with E-state index in [4.69, 9.17) is 9.47 Å². The Bertz CT molecular complexity index is 565. The van der Waals surface area contributed by atoms with Crippen molar-refractivity contribution >= 4 is 15.6 Å². The van der Waals surface area contributed by atoms with Crippen molar-refractivity contribution in [1.82, 2.24) is 0 Å². The highest BCUT2D eigenvalue weighted by Crippen LogP contribution is 2.33. The molecule has 0 aliphatic rings. The summed E-state index contributed by atoms with van der Waals surface area (Å²) in [6, 6.07) is 4.85. The third kappa shape index (κ3) is 2.73. The lowest BCUT2D eigenvalue weighted by Gasteiger charge is -2.23. The number of methoxy groups -OCH3 is 2. The van der Waals surface area contributed by atoms with E-state index in [0.29, 0.717) is 11.5 Å². The van der Waals surface area contributed by atoms with E-state index in [-0.39, 0.29) is 5.56 Å². The standard InChI is InChI=1S/C13H18O5S/c1-13(2,19(5,15)16)12(14)11-9(17-3)7-6-8-10(11)18-4/h6-8H,1-5H3. The van der Waals surface area contributed by atoms with E-state index in [2.05, 4.69) is 0 Å². The second-order valence-corrected chi connectivity index (χ2v) is 7.21. The predicted molar refractivity (Wildman–Crippen MR) is 72.8 cm³/mol. The number of benzene rings is 1. The van der Waals surface area contributed by atoms with Crippen LogP contribution in [0.1, 0.15) is 24.2 Å². The van der Waals surface area contributed by atoms with Crippen molar-refractivity contribution in [3.63, 3.8) is 0 Å². The maximum atomic E-state index is 12.5. The number of ether oxygens (including phenoxy) is 2. The van der Waals surface area contributed by atoms with Gasteiger partial charge in [0.05, 0.1) is 14.2 Å². The molecular formula is C13H18O5S. The van der Waals surface area contributed by atoms with Gasteiger partial charge in [-0.3, -0.25) is 4.79 Å². The predicted octanol–water partition coefficient (Wildman–Crippen LogP) is 1.71. The maximum absolute atomic E-state index is 12.5. The van der Waals surface area contributed by atoms with E-state index in [1.807, 2.05) is 0 Å². The average molecular weight is 286 g/mol.